The number of hydrogen-bond acceptors (Lipinski definition) is 3. The van der Waals surface area contributed by atoms with Gasteiger partial charge in [-0.3, -0.25) is 9.59 Å². The predicted molar refractivity (Wildman–Crippen MR) is 58.8 cm³/mol. The van der Waals surface area contributed by atoms with Crippen LogP contribution in [0.1, 0.15) is 13.8 Å². The van der Waals surface area contributed by atoms with Crippen molar-refractivity contribution in [2.75, 3.05) is 13.3 Å². The minimum atomic E-state index is -0.481. The molecule has 0 rings (SSSR count). The second-order valence-electron chi connectivity index (χ2n) is 2.53. The van der Waals surface area contributed by atoms with Crippen molar-refractivity contribution in [1.82, 2.24) is 5.32 Å². The van der Waals surface area contributed by atoms with Crippen molar-refractivity contribution in [3.05, 3.63) is 24.8 Å². The molecule has 0 saturated heterocycles. The lowest BCUT2D eigenvalue weighted by atomic mass is 10.3. The van der Waals surface area contributed by atoms with Crippen LogP contribution in [0.2, 0.25) is 0 Å². The molecule has 0 atom stereocenters. The van der Waals surface area contributed by atoms with Crippen LogP contribution in [-0.4, -0.2) is 25.2 Å². The van der Waals surface area contributed by atoms with Gasteiger partial charge in [-0.25, -0.2) is 0 Å². The standard InChI is InChI=1S/C7H13NO2.C3H5NO/c1-4-10-5-8-7(9)6(2)3;1-2-3(4)5/h2,4-5H2,1,3H3,(H,8,9);2H,1H2,(H2,4,5). The molecule has 0 saturated carbocycles. The Morgan fingerprint density at radius 1 is 1.53 bits per heavy atom. The molecule has 0 spiro atoms. The average molecular weight is 214 g/mol. The van der Waals surface area contributed by atoms with Crippen molar-refractivity contribution < 1.29 is 14.3 Å². The average Bonchev–Trinajstić information content (AvgIpc) is 2.18. The third-order valence-electron chi connectivity index (χ3n) is 1.13. The first-order chi connectivity index (χ1) is 6.95. The first-order valence-corrected chi connectivity index (χ1v) is 4.39. The summed E-state index contributed by atoms with van der Waals surface area (Å²) < 4.78 is 4.88. The van der Waals surface area contributed by atoms with Gasteiger partial charge in [-0.05, 0) is 19.9 Å². The van der Waals surface area contributed by atoms with Gasteiger partial charge in [0.1, 0.15) is 6.73 Å². The van der Waals surface area contributed by atoms with E-state index in [0.717, 1.165) is 6.08 Å². The predicted octanol–water partition coefficient (Wildman–Crippen LogP) is 0.330. The lowest BCUT2D eigenvalue weighted by molar-refractivity contribution is -0.119. The number of rotatable bonds is 5. The van der Waals surface area contributed by atoms with Gasteiger partial charge in [-0.15, -0.1) is 0 Å². The lowest BCUT2D eigenvalue weighted by Crippen LogP contribution is -2.26. The SMILES string of the molecule is C=C(C)C(=O)NCOCC.C=CC(N)=O. The van der Waals surface area contributed by atoms with Crippen molar-refractivity contribution in [2.24, 2.45) is 5.73 Å². The summed E-state index contributed by atoms with van der Waals surface area (Å²) in [5.41, 5.74) is 5.03. The molecule has 0 aliphatic heterocycles. The Bertz CT molecular complexity index is 237. The highest BCUT2D eigenvalue weighted by Crippen LogP contribution is 1.84. The number of nitrogens with one attached hydrogen (secondary N) is 1. The van der Waals surface area contributed by atoms with E-state index in [0.29, 0.717) is 12.2 Å². The van der Waals surface area contributed by atoms with Gasteiger partial charge in [0.15, 0.2) is 0 Å². The first-order valence-electron chi connectivity index (χ1n) is 4.39. The van der Waals surface area contributed by atoms with E-state index in [9.17, 15) is 9.59 Å². The summed E-state index contributed by atoms with van der Waals surface area (Å²) in [4.78, 5) is 20.2. The van der Waals surface area contributed by atoms with Crippen molar-refractivity contribution in [2.45, 2.75) is 13.8 Å². The fourth-order valence-corrected chi connectivity index (χ4v) is 0.370. The molecule has 0 aromatic heterocycles. The molecule has 0 aliphatic rings. The van der Waals surface area contributed by atoms with E-state index in [1.807, 2.05) is 6.92 Å². The van der Waals surface area contributed by atoms with Crippen molar-refractivity contribution in [3.8, 4) is 0 Å². The second-order valence-corrected chi connectivity index (χ2v) is 2.53. The van der Waals surface area contributed by atoms with Crippen molar-refractivity contribution in [1.29, 1.82) is 0 Å². The number of carbonyl (C=O) groups excluding carboxylic acids is 2. The van der Waals surface area contributed by atoms with Gasteiger partial charge in [0.25, 0.3) is 0 Å². The molecule has 3 N–H and O–H groups in total. The number of amides is 2. The smallest absolute Gasteiger partial charge is 0.248 e. The van der Waals surface area contributed by atoms with Crippen LogP contribution in [0, 0.1) is 0 Å². The van der Waals surface area contributed by atoms with Gasteiger partial charge in [-0.1, -0.05) is 13.2 Å². The third kappa shape index (κ3) is 15.2. The molecule has 86 valence electrons. The Morgan fingerprint density at radius 2 is 2.00 bits per heavy atom. The summed E-state index contributed by atoms with van der Waals surface area (Å²) >= 11 is 0. The second kappa shape index (κ2) is 10.5. The normalized spacial score (nSPS) is 8.13. The fraction of sp³-hybridized carbons (Fsp3) is 0.400. The number of nitrogens with two attached hydrogens (primary N) is 1. The first kappa shape index (κ1) is 15.8. The Labute approximate surface area is 90.0 Å². The Morgan fingerprint density at radius 3 is 2.27 bits per heavy atom. The number of hydrogen-bond donors (Lipinski definition) is 2. The van der Waals surface area contributed by atoms with E-state index in [4.69, 9.17) is 4.74 Å². The summed E-state index contributed by atoms with van der Waals surface area (Å²) in [5, 5.41) is 2.52. The van der Waals surface area contributed by atoms with E-state index in [2.05, 4.69) is 24.2 Å². The zero-order chi connectivity index (χ0) is 12.3. The van der Waals surface area contributed by atoms with E-state index in [1.165, 1.54) is 0 Å². The van der Waals surface area contributed by atoms with Gasteiger partial charge >= 0.3 is 0 Å². The van der Waals surface area contributed by atoms with Crippen molar-refractivity contribution in [3.63, 3.8) is 0 Å². The number of primary amides is 1. The molecular formula is C10H18N2O3. The summed E-state index contributed by atoms with van der Waals surface area (Å²) in [6.07, 6.45) is 1.06. The molecule has 0 aromatic carbocycles. The van der Waals surface area contributed by atoms with Crippen LogP contribution in [-0.2, 0) is 14.3 Å². The van der Waals surface area contributed by atoms with Gasteiger partial charge < -0.3 is 15.8 Å². The zero-order valence-corrected chi connectivity index (χ0v) is 9.21. The largest absolute Gasteiger partial charge is 0.366 e. The van der Waals surface area contributed by atoms with E-state index >= 15 is 0 Å². The van der Waals surface area contributed by atoms with Crippen LogP contribution in [0.15, 0.2) is 24.8 Å². The summed E-state index contributed by atoms with van der Waals surface area (Å²) in [6, 6.07) is 0. The Balaban J connectivity index is 0. The molecule has 5 heteroatoms. The van der Waals surface area contributed by atoms with Gasteiger partial charge in [-0.2, -0.15) is 0 Å². The van der Waals surface area contributed by atoms with Crippen LogP contribution in [0.25, 0.3) is 0 Å². The fourth-order valence-electron chi connectivity index (χ4n) is 0.370. The quantitative estimate of drug-likeness (QED) is 0.393. The minimum Gasteiger partial charge on any atom is -0.366 e. The molecule has 0 fully saturated rings. The van der Waals surface area contributed by atoms with Crippen LogP contribution in [0.4, 0.5) is 0 Å². The summed E-state index contributed by atoms with van der Waals surface area (Å²) in [6.45, 7) is 10.9. The van der Waals surface area contributed by atoms with Crippen LogP contribution >= 0.6 is 0 Å². The number of carbonyl (C=O) groups is 2. The Kier molecular flexibility index (Phi) is 11.0. The van der Waals surface area contributed by atoms with Crippen LogP contribution in [0.5, 0.6) is 0 Å². The summed E-state index contributed by atoms with van der Waals surface area (Å²) in [7, 11) is 0. The molecule has 0 bridgehead atoms. The van der Waals surface area contributed by atoms with E-state index < -0.39 is 5.91 Å². The van der Waals surface area contributed by atoms with Gasteiger partial charge in [0, 0.05) is 12.2 Å². The molecule has 0 unspecified atom stereocenters. The highest BCUT2D eigenvalue weighted by atomic mass is 16.5. The Hall–Kier alpha value is -1.62. The molecule has 0 heterocycles. The van der Waals surface area contributed by atoms with Crippen LogP contribution in [0.3, 0.4) is 0 Å². The molecule has 0 aliphatic carbocycles. The van der Waals surface area contributed by atoms with Gasteiger partial charge in [0.2, 0.25) is 11.8 Å². The monoisotopic (exact) mass is 214 g/mol. The molecule has 2 amide bonds. The lowest BCUT2D eigenvalue weighted by Gasteiger charge is -2.02. The summed E-state index contributed by atoms with van der Waals surface area (Å²) in [5.74, 6) is -0.640. The third-order valence-corrected chi connectivity index (χ3v) is 1.13. The zero-order valence-electron chi connectivity index (χ0n) is 9.21. The highest BCUT2D eigenvalue weighted by Gasteiger charge is 1.97. The van der Waals surface area contributed by atoms with Gasteiger partial charge in [0.05, 0.1) is 0 Å². The molecule has 0 aromatic rings. The van der Waals surface area contributed by atoms with E-state index in [1.54, 1.807) is 6.92 Å². The van der Waals surface area contributed by atoms with E-state index in [-0.39, 0.29) is 12.6 Å². The topological polar surface area (TPSA) is 81.4 Å². The van der Waals surface area contributed by atoms with Crippen molar-refractivity contribution >= 4 is 11.8 Å². The minimum absolute atomic E-state index is 0.159. The molecule has 5 nitrogen and oxygen atoms in total. The number of ether oxygens (including phenoxy) is 1. The maximum Gasteiger partial charge on any atom is 0.248 e. The maximum absolute atomic E-state index is 10.7. The van der Waals surface area contributed by atoms with Crippen LogP contribution < -0.4 is 11.1 Å². The highest BCUT2D eigenvalue weighted by molar-refractivity contribution is 5.91. The molecule has 15 heavy (non-hydrogen) atoms. The maximum atomic E-state index is 10.7. The molecule has 0 radical (unpaired) electrons. The molecular weight excluding hydrogens is 196 g/mol.